The zero-order valence-corrected chi connectivity index (χ0v) is 10.5. The summed E-state index contributed by atoms with van der Waals surface area (Å²) in [7, 11) is 0. The molecule has 0 aliphatic rings. The molecule has 0 fully saturated rings. The van der Waals surface area contributed by atoms with E-state index in [2.05, 4.69) is 4.98 Å². The molecule has 1 aromatic heterocycles. The summed E-state index contributed by atoms with van der Waals surface area (Å²) < 4.78 is 50.3. The largest absolute Gasteiger partial charge is 0.383 e. The molecular formula is C12H14F4N2O. The van der Waals surface area contributed by atoms with Crippen LogP contribution in [0.5, 0.6) is 0 Å². The van der Waals surface area contributed by atoms with Crippen molar-refractivity contribution in [2.45, 2.75) is 32.7 Å². The Morgan fingerprint density at radius 1 is 1.42 bits per heavy atom. The van der Waals surface area contributed by atoms with Crippen molar-refractivity contribution in [2.75, 3.05) is 6.54 Å². The van der Waals surface area contributed by atoms with Gasteiger partial charge < -0.3 is 4.90 Å². The van der Waals surface area contributed by atoms with E-state index >= 15 is 0 Å². The SMILES string of the molecule is CCN(Cc1cccc(C)n1)C(=O)C(F)(F)C(F)F. The number of rotatable bonds is 5. The summed E-state index contributed by atoms with van der Waals surface area (Å²) in [4.78, 5) is 16.1. The summed E-state index contributed by atoms with van der Waals surface area (Å²) in [5, 5.41) is 0. The molecule has 0 bridgehead atoms. The maximum atomic E-state index is 13.0. The van der Waals surface area contributed by atoms with E-state index < -0.39 is 18.3 Å². The Hall–Kier alpha value is -1.66. The molecule has 1 heterocycles. The molecule has 0 aromatic carbocycles. The third-order valence-corrected chi connectivity index (χ3v) is 2.53. The predicted octanol–water partition coefficient (Wildman–Crippen LogP) is 2.64. The number of hydrogen-bond acceptors (Lipinski definition) is 2. The average Bonchev–Trinajstić information content (AvgIpc) is 2.35. The fourth-order valence-electron chi connectivity index (χ4n) is 1.51. The van der Waals surface area contributed by atoms with Crippen molar-refractivity contribution in [2.24, 2.45) is 0 Å². The second kappa shape index (κ2) is 5.99. The van der Waals surface area contributed by atoms with Gasteiger partial charge in [0, 0.05) is 12.2 Å². The first-order valence-corrected chi connectivity index (χ1v) is 5.67. The number of pyridine rings is 1. The molecule has 1 rings (SSSR count). The molecule has 0 N–H and O–H groups in total. The summed E-state index contributed by atoms with van der Waals surface area (Å²) in [5.41, 5.74) is 1.03. The number of carbonyl (C=O) groups excluding carboxylic acids is 1. The lowest BCUT2D eigenvalue weighted by Gasteiger charge is -2.25. The Morgan fingerprint density at radius 3 is 2.53 bits per heavy atom. The molecule has 0 aliphatic heterocycles. The molecule has 7 heteroatoms. The van der Waals surface area contributed by atoms with Gasteiger partial charge in [0.2, 0.25) is 0 Å². The lowest BCUT2D eigenvalue weighted by molar-refractivity contribution is -0.181. The van der Waals surface area contributed by atoms with Gasteiger partial charge in [-0.05, 0) is 26.0 Å². The lowest BCUT2D eigenvalue weighted by atomic mass is 10.2. The number of nitrogens with zero attached hydrogens (tertiary/aromatic N) is 2. The molecule has 0 atom stereocenters. The molecule has 0 aliphatic carbocycles. The number of carbonyl (C=O) groups is 1. The van der Waals surface area contributed by atoms with Crippen LogP contribution in [0.25, 0.3) is 0 Å². The highest BCUT2D eigenvalue weighted by molar-refractivity contribution is 5.83. The summed E-state index contributed by atoms with van der Waals surface area (Å²) in [6.45, 7) is 2.82. The van der Waals surface area contributed by atoms with Crippen molar-refractivity contribution in [3.63, 3.8) is 0 Å². The van der Waals surface area contributed by atoms with Crippen LogP contribution in [0.3, 0.4) is 0 Å². The molecule has 0 spiro atoms. The number of amides is 1. The van der Waals surface area contributed by atoms with Gasteiger partial charge in [-0.15, -0.1) is 0 Å². The van der Waals surface area contributed by atoms with Gasteiger partial charge >= 0.3 is 12.3 Å². The van der Waals surface area contributed by atoms with E-state index in [4.69, 9.17) is 0 Å². The fraction of sp³-hybridized carbons (Fsp3) is 0.500. The van der Waals surface area contributed by atoms with E-state index in [0.717, 1.165) is 0 Å². The van der Waals surface area contributed by atoms with Crippen molar-refractivity contribution in [1.82, 2.24) is 9.88 Å². The highest BCUT2D eigenvalue weighted by Gasteiger charge is 2.50. The second-order valence-corrected chi connectivity index (χ2v) is 4.01. The Balaban J connectivity index is 2.87. The van der Waals surface area contributed by atoms with Crippen LogP contribution >= 0.6 is 0 Å². The first kappa shape index (κ1) is 15.4. The van der Waals surface area contributed by atoms with Gasteiger partial charge in [0.1, 0.15) is 0 Å². The standard InChI is InChI=1S/C12H14F4N2O/c1-3-18(11(19)12(15,16)10(13)14)7-9-6-4-5-8(2)17-9/h4-6,10H,3,7H2,1-2H3. The Kier molecular flexibility index (Phi) is 4.85. The van der Waals surface area contributed by atoms with Crippen LogP contribution in [0, 0.1) is 6.92 Å². The highest BCUT2D eigenvalue weighted by atomic mass is 19.3. The number of hydrogen-bond donors (Lipinski definition) is 0. The Labute approximate surface area is 108 Å². The highest BCUT2D eigenvalue weighted by Crippen LogP contribution is 2.26. The van der Waals surface area contributed by atoms with Crippen molar-refractivity contribution >= 4 is 5.91 Å². The molecule has 1 amide bonds. The normalized spacial score (nSPS) is 11.7. The van der Waals surface area contributed by atoms with Crippen LogP contribution < -0.4 is 0 Å². The Bertz CT molecular complexity index is 451. The van der Waals surface area contributed by atoms with Crippen LogP contribution in [0.15, 0.2) is 18.2 Å². The quantitative estimate of drug-likeness (QED) is 0.776. The van der Waals surface area contributed by atoms with Crippen LogP contribution in [-0.2, 0) is 11.3 Å². The zero-order chi connectivity index (χ0) is 14.6. The van der Waals surface area contributed by atoms with Crippen molar-refractivity contribution < 1.29 is 22.4 Å². The molecule has 1 aromatic rings. The van der Waals surface area contributed by atoms with Gasteiger partial charge in [-0.2, -0.15) is 8.78 Å². The third kappa shape index (κ3) is 3.65. The number of aryl methyl sites for hydroxylation is 1. The predicted molar refractivity (Wildman–Crippen MR) is 61.0 cm³/mol. The molecule has 19 heavy (non-hydrogen) atoms. The first-order valence-electron chi connectivity index (χ1n) is 5.67. The summed E-state index contributed by atoms with van der Waals surface area (Å²) >= 11 is 0. The maximum absolute atomic E-state index is 13.0. The minimum atomic E-state index is -4.67. The van der Waals surface area contributed by atoms with Crippen LogP contribution in [0.4, 0.5) is 17.6 Å². The monoisotopic (exact) mass is 278 g/mol. The van der Waals surface area contributed by atoms with E-state index in [0.29, 0.717) is 16.3 Å². The van der Waals surface area contributed by atoms with Gasteiger partial charge in [0.25, 0.3) is 5.91 Å². The van der Waals surface area contributed by atoms with E-state index in [-0.39, 0.29) is 13.1 Å². The molecule has 3 nitrogen and oxygen atoms in total. The van der Waals surface area contributed by atoms with Crippen molar-refractivity contribution in [3.8, 4) is 0 Å². The van der Waals surface area contributed by atoms with Gasteiger partial charge in [-0.1, -0.05) is 6.07 Å². The van der Waals surface area contributed by atoms with E-state index in [9.17, 15) is 22.4 Å². The van der Waals surface area contributed by atoms with E-state index in [1.165, 1.54) is 6.92 Å². The van der Waals surface area contributed by atoms with E-state index in [1.807, 2.05) is 0 Å². The van der Waals surface area contributed by atoms with Gasteiger partial charge in [0.05, 0.1) is 12.2 Å². The smallest absolute Gasteiger partial charge is 0.332 e. The molecule has 0 radical (unpaired) electrons. The molecular weight excluding hydrogens is 264 g/mol. The van der Waals surface area contributed by atoms with Crippen LogP contribution in [0.2, 0.25) is 0 Å². The van der Waals surface area contributed by atoms with Crippen molar-refractivity contribution in [3.05, 3.63) is 29.6 Å². The fourth-order valence-corrected chi connectivity index (χ4v) is 1.51. The molecule has 0 saturated carbocycles. The number of alkyl halides is 4. The minimum absolute atomic E-state index is 0.100. The van der Waals surface area contributed by atoms with E-state index in [1.54, 1.807) is 25.1 Å². The topological polar surface area (TPSA) is 33.2 Å². The molecule has 106 valence electrons. The molecule has 0 unspecified atom stereocenters. The zero-order valence-electron chi connectivity index (χ0n) is 10.5. The number of halogens is 4. The van der Waals surface area contributed by atoms with Crippen LogP contribution in [-0.4, -0.2) is 34.7 Å². The molecule has 0 saturated heterocycles. The van der Waals surface area contributed by atoms with Gasteiger partial charge in [-0.25, -0.2) is 8.78 Å². The van der Waals surface area contributed by atoms with Crippen molar-refractivity contribution in [1.29, 1.82) is 0 Å². The first-order chi connectivity index (χ1) is 8.78. The second-order valence-electron chi connectivity index (χ2n) is 4.01. The van der Waals surface area contributed by atoms with Gasteiger partial charge in [0.15, 0.2) is 0 Å². The average molecular weight is 278 g/mol. The third-order valence-electron chi connectivity index (χ3n) is 2.53. The maximum Gasteiger partial charge on any atom is 0.383 e. The van der Waals surface area contributed by atoms with Crippen LogP contribution in [0.1, 0.15) is 18.3 Å². The summed E-state index contributed by atoms with van der Waals surface area (Å²) in [5.74, 6) is -6.55. The summed E-state index contributed by atoms with van der Waals surface area (Å²) in [6, 6.07) is 4.90. The minimum Gasteiger partial charge on any atom is -0.332 e. The number of aromatic nitrogens is 1. The summed E-state index contributed by atoms with van der Waals surface area (Å²) in [6.07, 6.45) is -4.01. The lowest BCUT2D eigenvalue weighted by Crippen LogP contribution is -2.47. The van der Waals surface area contributed by atoms with Gasteiger partial charge in [-0.3, -0.25) is 9.78 Å². The Morgan fingerprint density at radius 2 is 2.05 bits per heavy atom.